The molecule has 4 nitrogen and oxygen atoms in total. The standard InChI is InChI=1S/C16H14BrNO3/c17-12-8-13-15(16(19)18-6-7-20-13)14(9-12)21-10-11-4-2-1-3-5-11/h1-5,8-9H,6-7,10H2,(H,18,19). The predicted molar refractivity (Wildman–Crippen MR) is 82.7 cm³/mol. The van der Waals surface area contributed by atoms with Gasteiger partial charge in [-0.2, -0.15) is 0 Å². The Bertz CT molecular complexity index is 658. The molecule has 3 rings (SSSR count). The molecule has 1 aliphatic rings. The molecule has 2 aromatic rings. The van der Waals surface area contributed by atoms with Crippen LogP contribution in [0.2, 0.25) is 0 Å². The van der Waals surface area contributed by atoms with E-state index in [0.717, 1.165) is 10.0 Å². The Labute approximate surface area is 131 Å². The van der Waals surface area contributed by atoms with Crippen LogP contribution in [0.25, 0.3) is 0 Å². The largest absolute Gasteiger partial charge is 0.491 e. The number of benzene rings is 2. The van der Waals surface area contributed by atoms with Crippen molar-refractivity contribution in [2.75, 3.05) is 13.2 Å². The van der Waals surface area contributed by atoms with Crippen LogP contribution in [0.4, 0.5) is 0 Å². The van der Waals surface area contributed by atoms with Crippen molar-refractivity contribution in [2.45, 2.75) is 6.61 Å². The fourth-order valence-electron chi connectivity index (χ4n) is 2.16. The fraction of sp³-hybridized carbons (Fsp3) is 0.188. The number of hydrogen-bond donors (Lipinski definition) is 1. The van der Waals surface area contributed by atoms with E-state index >= 15 is 0 Å². The van der Waals surface area contributed by atoms with Gasteiger partial charge >= 0.3 is 0 Å². The Morgan fingerprint density at radius 3 is 2.86 bits per heavy atom. The predicted octanol–water partition coefficient (Wildman–Crippen LogP) is 3.15. The summed E-state index contributed by atoms with van der Waals surface area (Å²) in [6.07, 6.45) is 0. The summed E-state index contributed by atoms with van der Waals surface area (Å²) in [6.45, 7) is 1.34. The van der Waals surface area contributed by atoms with Gasteiger partial charge in [0.05, 0.1) is 6.54 Å². The highest BCUT2D eigenvalue weighted by atomic mass is 79.9. The lowest BCUT2D eigenvalue weighted by molar-refractivity contribution is 0.0953. The number of hydrogen-bond acceptors (Lipinski definition) is 3. The van der Waals surface area contributed by atoms with E-state index in [1.165, 1.54) is 0 Å². The van der Waals surface area contributed by atoms with Gasteiger partial charge in [-0.25, -0.2) is 0 Å². The van der Waals surface area contributed by atoms with Crippen LogP contribution >= 0.6 is 15.9 Å². The second kappa shape index (κ2) is 6.18. The van der Waals surface area contributed by atoms with Crippen molar-refractivity contribution < 1.29 is 14.3 Å². The van der Waals surface area contributed by atoms with Crippen LogP contribution in [0.3, 0.4) is 0 Å². The van der Waals surface area contributed by atoms with Gasteiger partial charge in [-0.3, -0.25) is 4.79 Å². The minimum atomic E-state index is -0.168. The summed E-state index contributed by atoms with van der Waals surface area (Å²) in [5.41, 5.74) is 1.49. The molecule has 1 amide bonds. The Kier molecular flexibility index (Phi) is 4.10. The zero-order chi connectivity index (χ0) is 14.7. The minimum Gasteiger partial charge on any atom is -0.491 e. The second-order valence-electron chi connectivity index (χ2n) is 4.66. The highest BCUT2D eigenvalue weighted by Crippen LogP contribution is 2.34. The van der Waals surface area contributed by atoms with E-state index in [2.05, 4.69) is 21.2 Å². The van der Waals surface area contributed by atoms with E-state index in [0.29, 0.717) is 36.8 Å². The van der Waals surface area contributed by atoms with E-state index in [9.17, 15) is 4.79 Å². The number of ether oxygens (including phenoxy) is 2. The number of halogens is 1. The molecule has 0 spiro atoms. The maximum Gasteiger partial charge on any atom is 0.258 e. The minimum absolute atomic E-state index is 0.168. The van der Waals surface area contributed by atoms with Gasteiger partial charge < -0.3 is 14.8 Å². The molecule has 2 aromatic carbocycles. The van der Waals surface area contributed by atoms with Crippen LogP contribution in [-0.4, -0.2) is 19.1 Å². The Balaban J connectivity index is 1.91. The monoisotopic (exact) mass is 347 g/mol. The molecule has 0 aliphatic carbocycles. The molecule has 0 aromatic heterocycles. The van der Waals surface area contributed by atoms with Crippen LogP contribution in [0, 0.1) is 0 Å². The zero-order valence-electron chi connectivity index (χ0n) is 11.3. The number of amides is 1. The molecule has 0 atom stereocenters. The summed E-state index contributed by atoms with van der Waals surface area (Å²) in [7, 11) is 0. The first-order valence-corrected chi connectivity index (χ1v) is 7.44. The zero-order valence-corrected chi connectivity index (χ0v) is 12.9. The highest BCUT2D eigenvalue weighted by Gasteiger charge is 2.22. The Hall–Kier alpha value is -2.01. The number of carbonyl (C=O) groups is 1. The fourth-order valence-corrected chi connectivity index (χ4v) is 2.57. The van der Waals surface area contributed by atoms with Crippen LogP contribution in [0.5, 0.6) is 11.5 Å². The van der Waals surface area contributed by atoms with Gasteiger partial charge in [0.15, 0.2) is 0 Å². The first-order chi connectivity index (χ1) is 10.2. The normalized spacial score (nSPS) is 13.7. The Morgan fingerprint density at radius 2 is 2.05 bits per heavy atom. The van der Waals surface area contributed by atoms with E-state index in [-0.39, 0.29) is 5.91 Å². The molecule has 0 saturated carbocycles. The van der Waals surface area contributed by atoms with Gasteiger partial charge in [-0.15, -0.1) is 0 Å². The molecule has 0 saturated heterocycles. The molecule has 1 aliphatic heterocycles. The van der Waals surface area contributed by atoms with Gasteiger partial charge in [0.2, 0.25) is 0 Å². The summed E-state index contributed by atoms with van der Waals surface area (Å²) in [4.78, 5) is 12.2. The molecule has 108 valence electrons. The SMILES string of the molecule is O=C1NCCOc2cc(Br)cc(OCc3ccccc3)c21. The van der Waals surface area contributed by atoms with Crippen molar-refractivity contribution in [3.05, 3.63) is 58.1 Å². The number of rotatable bonds is 3. The van der Waals surface area contributed by atoms with Crippen molar-refractivity contribution in [3.63, 3.8) is 0 Å². The average molecular weight is 348 g/mol. The molecule has 0 unspecified atom stereocenters. The topological polar surface area (TPSA) is 47.6 Å². The lowest BCUT2D eigenvalue weighted by Crippen LogP contribution is -2.24. The highest BCUT2D eigenvalue weighted by molar-refractivity contribution is 9.10. The van der Waals surface area contributed by atoms with Gasteiger partial charge in [-0.1, -0.05) is 46.3 Å². The third-order valence-electron chi connectivity index (χ3n) is 3.14. The molecule has 5 heteroatoms. The number of fused-ring (bicyclic) bond motifs is 1. The third kappa shape index (κ3) is 3.19. The number of nitrogens with one attached hydrogen (secondary N) is 1. The molecular weight excluding hydrogens is 334 g/mol. The van der Waals surface area contributed by atoms with Gasteiger partial charge in [-0.05, 0) is 17.7 Å². The summed E-state index contributed by atoms with van der Waals surface area (Å²) < 4.78 is 12.2. The van der Waals surface area contributed by atoms with Crippen molar-refractivity contribution in [2.24, 2.45) is 0 Å². The average Bonchev–Trinajstić information content (AvgIpc) is 2.67. The van der Waals surface area contributed by atoms with Crippen LogP contribution in [0.15, 0.2) is 46.9 Å². The summed E-state index contributed by atoms with van der Waals surface area (Å²) in [5.74, 6) is 0.892. The summed E-state index contributed by atoms with van der Waals surface area (Å²) >= 11 is 3.42. The summed E-state index contributed by atoms with van der Waals surface area (Å²) in [6, 6.07) is 13.4. The van der Waals surface area contributed by atoms with Crippen molar-refractivity contribution in [1.29, 1.82) is 0 Å². The van der Waals surface area contributed by atoms with E-state index in [1.54, 1.807) is 12.1 Å². The quantitative estimate of drug-likeness (QED) is 0.927. The van der Waals surface area contributed by atoms with Crippen LogP contribution in [0.1, 0.15) is 15.9 Å². The maximum absolute atomic E-state index is 12.2. The van der Waals surface area contributed by atoms with Gasteiger partial charge in [0, 0.05) is 4.47 Å². The Morgan fingerprint density at radius 1 is 1.24 bits per heavy atom. The molecule has 0 radical (unpaired) electrons. The van der Waals surface area contributed by atoms with E-state index in [1.807, 2.05) is 30.3 Å². The molecule has 1 heterocycles. The second-order valence-corrected chi connectivity index (χ2v) is 5.57. The smallest absolute Gasteiger partial charge is 0.258 e. The van der Waals surface area contributed by atoms with Crippen molar-refractivity contribution in [3.8, 4) is 11.5 Å². The molecule has 21 heavy (non-hydrogen) atoms. The first kappa shape index (κ1) is 13.9. The van der Waals surface area contributed by atoms with E-state index < -0.39 is 0 Å². The van der Waals surface area contributed by atoms with Gasteiger partial charge in [0.25, 0.3) is 5.91 Å². The first-order valence-electron chi connectivity index (χ1n) is 6.65. The maximum atomic E-state index is 12.2. The lowest BCUT2D eigenvalue weighted by atomic mass is 10.1. The molecule has 0 fully saturated rings. The molecular formula is C16H14BrNO3. The molecule has 1 N–H and O–H groups in total. The molecule has 0 bridgehead atoms. The van der Waals surface area contributed by atoms with Crippen LogP contribution in [-0.2, 0) is 6.61 Å². The third-order valence-corrected chi connectivity index (χ3v) is 3.60. The number of carbonyl (C=O) groups excluding carboxylic acids is 1. The van der Waals surface area contributed by atoms with Crippen LogP contribution < -0.4 is 14.8 Å². The van der Waals surface area contributed by atoms with Gasteiger partial charge in [0.1, 0.15) is 30.3 Å². The summed E-state index contributed by atoms with van der Waals surface area (Å²) in [5, 5.41) is 2.80. The lowest BCUT2D eigenvalue weighted by Gasteiger charge is -2.13. The van der Waals surface area contributed by atoms with Crippen molar-refractivity contribution in [1.82, 2.24) is 5.32 Å². The van der Waals surface area contributed by atoms with Crippen molar-refractivity contribution >= 4 is 21.8 Å². The van der Waals surface area contributed by atoms with E-state index in [4.69, 9.17) is 9.47 Å².